The number of nitrogens with zero attached hydrogens (tertiary/aromatic N) is 5. The van der Waals surface area contributed by atoms with Crippen LogP contribution in [0.3, 0.4) is 0 Å². The SMILES string of the molecule is O=S([O-])NC1(c2cc(-c3ccc(F)cc3F)cc(-n3cnc4cc(-n5cccn5)ccc43)n2)CC1. The van der Waals surface area contributed by atoms with Gasteiger partial charge in [0.15, 0.2) is 0 Å². The van der Waals surface area contributed by atoms with Crippen molar-refractivity contribution >= 4 is 22.3 Å². The van der Waals surface area contributed by atoms with Gasteiger partial charge in [-0.25, -0.2) is 28.2 Å². The van der Waals surface area contributed by atoms with Gasteiger partial charge in [-0.15, -0.1) is 0 Å². The molecule has 176 valence electrons. The van der Waals surface area contributed by atoms with Crippen LogP contribution in [-0.2, 0) is 16.8 Å². The van der Waals surface area contributed by atoms with Gasteiger partial charge < -0.3 is 4.55 Å². The summed E-state index contributed by atoms with van der Waals surface area (Å²) in [6.45, 7) is 0. The molecule has 0 spiro atoms. The van der Waals surface area contributed by atoms with Crippen LogP contribution >= 0.6 is 0 Å². The fraction of sp³-hybridized carbons (Fsp3) is 0.125. The molecular weight excluding hydrogens is 474 g/mol. The zero-order valence-corrected chi connectivity index (χ0v) is 18.9. The minimum atomic E-state index is -2.51. The molecule has 6 rings (SSSR count). The van der Waals surface area contributed by atoms with E-state index in [1.165, 1.54) is 12.1 Å². The number of hydrogen-bond acceptors (Lipinski definition) is 5. The molecule has 2 aromatic carbocycles. The van der Waals surface area contributed by atoms with Crippen molar-refractivity contribution in [3.63, 3.8) is 0 Å². The first-order chi connectivity index (χ1) is 16.9. The quantitative estimate of drug-likeness (QED) is 0.363. The van der Waals surface area contributed by atoms with Gasteiger partial charge in [-0.05, 0) is 66.9 Å². The predicted octanol–water partition coefficient (Wildman–Crippen LogP) is 3.92. The number of nitrogens with one attached hydrogen (secondary N) is 1. The standard InChI is InChI=1S/C24H18F2N6O2S/c25-16-2-4-18(19(26)12-16)15-10-22(24(6-7-24)30-35(33)34)29-23(11-15)31-14-27-20-13-17(3-5-21(20)31)32-9-1-8-28-32/h1-5,8-14,30H,6-7H2,(H,33,34)/p-1. The summed E-state index contributed by atoms with van der Waals surface area (Å²) < 4.78 is 57.1. The Morgan fingerprint density at radius 2 is 1.94 bits per heavy atom. The van der Waals surface area contributed by atoms with Crippen LogP contribution < -0.4 is 4.72 Å². The minimum absolute atomic E-state index is 0.181. The van der Waals surface area contributed by atoms with Crippen molar-refractivity contribution in [1.82, 2.24) is 29.0 Å². The molecule has 0 amide bonds. The van der Waals surface area contributed by atoms with Crippen molar-refractivity contribution in [1.29, 1.82) is 0 Å². The second-order valence-corrected chi connectivity index (χ2v) is 9.05. The number of aromatic nitrogens is 5. The molecule has 1 atom stereocenters. The van der Waals surface area contributed by atoms with Crippen molar-refractivity contribution in [2.75, 3.05) is 0 Å². The fourth-order valence-electron chi connectivity index (χ4n) is 4.21. The van der Waals surface area contributed by atoms with Crippen LogP contribution in [0, 0.1) is 11.6 Å². The Morgan fingerprint density at radius 1 is 1.09 bits per heavy atom. The molecular formula is C24H17F2N6O2S-. The number of imidazole rings is 1. The van der Waals surface area contributed by atoms with Crippen molar-refractivity contribution in [3.8, 4) is 22.6 Å². The highest BCUT2D eigenvalue weighted by Crippen LogP contribution is 2.46. The first-order valence-corrected chi connectivity index (χ1v) is 11.8. The lowest BCUT2D eigenvalue weighted by atomic mass is 10.0. The number of rotatable bonds is 6. The topological polar surface area (TPSA) is 101 Å². The van der Waals surface area contributed by atoms with Crippen LogP contribution in [-0.4, -0.2) is 33.1 Å². The second-order valence-electron chi connectivity index (χ2n) is 8.38. The second kappa shape index (κ2) is 8.15. The van der Waals surface area contributed by atoms with E-state index in [1.807, 2.05) is 30.5 Å². The Balaban J connectivity index is 1.51. The van der Waals surface area contributed by atoms with Gasteiger partial charge in [0.1, 0.15) is 23.8 Å². The van der Waals surface area contributed by atoms with Gasteiger partial charge in [-0.3, -0.25) is 8.78 Å². The molecule has 8 nitrogen and oxygen atoms in total. The molecule has 0 saturated heterocycles. The zero-order chi connectivity index (χ0) is 24.2. The lowest BCUT2D eigenvalue weighted by Crippen LogP contribution is -2.31. The van der Waals surface area contributed by atoms with E-state index in [9.17, 15) is 17.5 Å². The Bertz CT molecular complexity index is 1600. The molecule has 1 aliphatic rings. The number of pyridine rings is 1. The van der Waals surface area contributed by atoms with Crippen LogP contribution in [0.5, 0.6) is 0 Å². The molecule has 3 aromatic heterocycles. The van der Waals surface area contributed by atoms with Gasteiger partial charge in [0.2, 0.25) is 0 Å². The van der Waals surface area contributed by atoms with Crippen molar-refractivity contribution < 1.29 is 17.5 Å². The third-order valence-corrected chi connectivity index (χ3v) is 6.68. The summed E-state index contributed by atoms with van der Waals surface area (Å²) in [5, 5.41) is 4.24. The van der Waals surface area contributed by atoms with Crippen LogP contribution in [0.1, 0.15) is 18.5 Å². The maximum Gasteiger partial charge on any atom is 0.139 e. The van der Waals surface area contributed by atoms with Gasteiger partial charge in [0.05, 0.1) is 28.0 Å². The maximum absolute atomic E-state index is 14.7. The smallest absolute Gasteiger partial charge is 0.139 e. The summed E-state index contributed by atoms with van der Waals surface area (Å²) in [5.74, 6) is -0.977. The number of hydrogen-bond donors (Lipinski definition) is 1. The van der Waals surface area contributed by atoms with Crippen LogP contribution in [0.4, 0.5) is 8.78 Å². The Labute approximate surface area is 200 Å². The average Bonchev–Trinajstić information content (AvgIpc) is 3.22. The molecule has 5 aromatic rings. The average molecular weight is 492 g/mol. The summed E-state index contributed by atoms with van der Waals surface area (Å²) in [6, 6.07) is 14.1. The van der Waals surface area contributed by atoms with Crippen LogP contribution in [0.25, 0.3) is 33.7 Å². The lowest BCUT2D eigenvalue weighted by Gasteiger charge is -2.20. The summed E-state index contributed by atoms with van der Waals surface area (Å²) in [7, 11) is 0. The lowest BCUT2D eigenvalue weighted by molar-refractivity contribution is 0.498. The van der Waals surface area contributed by atoms with Crippen molar-refractivity contribution in [2.45, 2.75) is 18.4 Å². The highest BCUT2D eigenvalue weighted by molar-refractivity contribution is 7.77. The number of fused-ring (bicyclic) bond motifs is 1. The van der Waals surface area contributed by atoms with E-state index in [1.54, 1.807) is 33.9 Å². The van der Waals surface area contributed by atoms with E-state index in [4.69, 9.17) is 4.98 Å². The predicted molar refractivity (Wildman–Crippen MR) is 124 cm³/mol. The molecule has 3 heterocycles. The summed E-state index contributed by atoms with van der Waals surface area (Å²) in [4.78, 5) is 9.23. The first-order valence-electron chi connectivity index (χ1n) is 10.7. The Morgan fingerprint density at radius 3 is 2.66 bits per heavy atom. The molecule has 11 heteroatoms. The molecule has 35 heavy (non-hydrogen) atoms. The van der Waals surface area contributed by atoms with Gasteiger partial charge >= 0.3 is 0 Å². The molecule has 1 aliphatic carbocycles. The summed E-state index contributed by atoms with van der Waals surface area (Å²) in [5.41, 5.74) is 2.50. The molecule has 0 bridgehead atoms. The van der Waals surface area contributed by atoms with Crippen LogP contribution in [0.15, 0.2) is 73.3 Å². The molecule has 0 aliphatic heterocycles. The molecule has 1 unspecified atom stereocenters. The van der Waals surface area contributed by atoms with Gasteiger partial charge in [-0.1, -0.05) is 0 Å². The normalized spacial score (nSPS) is 15.4. The molecule has 1 fully saturated rings. The Hall–Kier alpha value is -3.80. The third kappa shape index (κ3) is 3.93. The molecule has 0 radical (unpaired) electrons. The fourth-order valence-corrected chi connectivity index (χ4v) is 4.83. The summed E-state index contributed by atoms with van der Waals surface area (Å²) in [6.07, 6.45) is 6.23. The highest BCUT2D eigenvalue weighted by Gasteiger charge is 2.46. The van der Waals surface area contributed by atoms with E-state index in [0.717, 1.165) is 17.3 Å². The van der Waals surface area contributed by atoms with Crippen molar-refractivity contribution in [2.24, 2.45) is 0 Å². The third-order valence-electron chi connectivity index (χ3n) is 6.12. The van der Waals surface area contributed by atoms with E-state index in [0.29, 0.717) is 35.4 Å². The van der Waals surface area contributed by atoms with Crippen LogP contribution in [0.2, 0.25) is 0 Å². The van der Waals surface area contributed by atoms with Gasteiger partial charge in [-0.2, -0.15) is 5.10 Å². The highest BCUT2D eigenvalue weighted by atomic mass is 32.2. The molecule has 1 saturated carbocycles. The maximum atomic E-state index is 14.7. The van der Waals surface area contributed by atoms with E-state index in [2.05, 4.69) is 14.8 Å². The van der Waals surface area contributed by atoms with Crippen molar-refractivity contribution in [3.05, 3.63) is 90.6 Å². The molecule has 1 N–H and O–H groups in total. The number of benzene rings is 2. The van der Waals surface area contributed by atoms with Gasteiger partial charge in [0, 0.05) is 35.3 Å². The monoisotopic (exact) mass is 491 g/mol. The number of halogens is 2. The van der Waals surface area contributed by atoms with Gasteiger partial charge in [0.25, 0.3) is 0 Å². The minimum Gasteiger partial charge on any atom is -0.760 e. The van der Waals surface area contributed by atoms with E-state index >= 15 is 0 Å². The summed E-state index contributed by atoms with van der Waals surface area (Å²) >= 11 is -2.51. The largest absolute Gasteiger partial charge is 0.760 e. The Kier molecular flexibility index (Phi) is 5.06. The first kappa shape index (κ1) is 21.7. The zero-order valence-electron chi connectivity index (χ0n) is 18.1. The van der Waals surface area contributed by atoms with E-state index in [-0.39, 0.29) is 5.56 Å². The van der Waals surface area contributed by atoms with E-state index < -0.39 is 28.4 Å².